The van der Waals surface area contributed by atoms with Crippen molar-refractivity contribution in [2.45, 2.75) is 13.3 Å². The molecule has 2 N–H and O–H groups in total. The summed E-state index contributed by atoms with van der Waals surface area (Å²) in [5.74, 6) is 0.990. The van der Waals surface area contributed by atoms with Crippen molar-refractivity contribution < 1.29 is 9.53 Å². The number of hydrogen-bond donors (Lipinski definition) is 2. The summed E-state index contributed by atoms with van der Waals surface area (Å²) in [5.41, 5.74) is 1.55. The van der Waals surface area contributed by atoms with Crippen molar-refractivity contribution in [3.05, 3.63) is 53.5 Å². The lowest BCUT2D eigenvalue weighted by atomic mass is 10.1. The van der Waals surface area contributed by atoms with Crippen LogP contribution in [-0.2, 0) is 11.2 Å². The summed E-state index contributed by atoms with van der Waals surface area (Å²) in [5, 5.41) is 5.99. The molecule has 0 saturated carbocycles. The number of hydrogen-bond acceptors (Lipinski definition) is 5. The van der Waals surface area contributed by atoms with Gasteiger partial charge in [-0.15, -0.1) is 0 Å². The first-order valence-corrected chi connectivity index (χ1v) is 7.59. The van der Waals surface area contributed by atoms with Crippen molar-refractivity contribution in [2.75, 3.05) is 32.1 Å². The largest absolute Gasteiger partial charge is 0.383 e. The van der Waals surface area contributed by atoms with Gasteiger partial charge in [0.15, 0.2) is 0 Å². The van der Waals surface area contributed by atoms with Crippen molar-refractivity contribution in [3.8, 4) is 0 Å². The minimum atomic E-state index is -0.193. The van der Waals surface area contributed by atoms with Gasteiger partial charge in [0.2, 0.25) is 0 Å². The van der Waals surface area contributed by atoms with Crippen molar-refractivity contribution in [1.82, 2.24) is 15.3 Å². The molecule has 23 heavy (non-hydrogen) atoms. The maximum atomic E-state index is 12.2. The molecule has 0 atom stereocenters. The number of carbonyl (C=O) groups excluding carboxylic acids is 1. The SMILES string of the molecule is COCCNc1cc(C(=O)NCCc2ccccc2)nc(C)n1. The van der Waals surface area contributed by atoms with Crippen LogP contribution in [0.25, 0.3) is 0 Å². The average molecular weight is 314 g/mol. The van der Waals surface area contributed by atoms with E-state index in [1.807, 2.05) is 30.3 Å². The Kier molecular flexibility index (Phi) is 6.50. The fourth-order valence-corrected chi connectivity index (χ4v) is 2.11. The van der Waals surface area contributed by atoms with Gasteiger partial charge < -0.3 is 15.4 Å². The van der Waals surface area contributed by atoms with E-state index >= 15 is 0 Å². The zero-order valence-corrected chi connectivity index (χ0v) is 13.5. The molecule has 0 aliphatic rings. The number of nitrogens with zero attached hydrogens (tertiary/aromatic N) is 2. The third-order valence-corrected chi connectivity index (χ3v) is 3.22. The molecule has 6 nitrogen and oxygen atoms in total. The molecule has 0 aliphatic carbocycles. The lowest BCUT2D eigenvalue weighted by molar-refractivity contribution is 0.0949. The molecular weight excluding hydrogens is 292 g/mol. The number of aryl methyl sites for hydroxylation is 1. The summed E-state index contributed by atoms with van der Waals surface area (Å²) in [4.78, 5) is 20.7. The van der Waals surface area contributed by atoms with Crippen LogP contribution in [0.1, 0.15) is 21.9 Å². The highest BCUT2D eigenvalue weighted by Gasteiger charge is 2.10. The average Bonchev–Trinajstić information content (AvgIpc) is 2.55. The summed E-state index contributed by atoms with van der Waals surface area (Å²) in [6, 6.07) is 11.7. The summed E-state index contributed by atoms with van der Waals surface area (Å²) in [6.07, 6.45) is 0.787. The second kappa shape index (κ2) is 8.85. The van der Waals surface area contributed by atoms with Gasteiger partial charge in [0.05, 0.1) is 6.61 Å². The molecule has 0 radical (unpaired) electrons. The summed E-state index contributed by atoms with van der Waals surface area (Å²) < 4.78 is 4.98. The zero-order valence-electron chi connectivity index (χ0n) is 13.5. The molecule has 122 valence electrons. The van der Waals surface area contributed by atoms with E-state index in [1.165, 1.54) is 5.56 Å². The molecule has 0 saturated heterocycles. The monoisotopic (exact) mass is 314 g/mol. The minimum Gasteiger partial charge on any atom is -0.383 e. The lowest BCUT2D eigenvalue weighted by Gasteiger charge is -2.09. The third kappa shape index (κ3) is 5.67. The fraction of sp³-hybridized carbons (Fsp3) is 0.353. The van der Waals surface area contributed by atoms with Gasteiger partial charge in [0.25, 0.3) is 5.91 Å². The van der Waals surface area contributed by atoms with E-state index in [-0.39, 0.29) is 5.91 Å². The Morgan fingerprint density at radius 3 is 2.70 bits per heavy atom. The molecule has 1 heterocycles. The van der Waals surface area contributed by atoms with Crippen LogP contribution >= 0.6 is 0 Å². The smallest absolute Gasteiger partial charge is 0.270 e. The van der Waals surface area contributed by atoms with Gasteiger partial charge in [-0.25, -0.2) is 9.97 Å². The predicted octanol–water partition coefficient (Wildman–Crippen LogP) is 1.82. The van der Waals surface area contributed by atoms with Crippen molar-refractivity contribution >= 4 is 11.7 Å². The molecule has 2 rings (SSSR count). The van der Waals surface area contributed by atoms with Crippen LogP contribution in [0.4, 0.5) is 5.82 Å². The molecule has 0 spiro atoms. The van der Waals surface area contributed by atoms with Crippen LogP contribution in [0.2, 0.25) is 0 Å². The topological polar surface area (TPSA) is 76.1 Å². The molecule has 0 unspecified atom stereocenters. The van der Waals surface area contributed by atoms with Crippen molar-refractivity contribution in [1.29, 1.82) is 0 Å². The molecule has 1 aromatic carbocycles. The molecule has 0 bridgehead atoms. The van der Waals surface area contributed by atoms with E-state index in [9.17, 15) is 4.79 Å². The molecular formula is C17H22N4O2. The number of carbonyl (C=O) groups is 1. The number of anilines is 1. The van der Waals surface area contributed by atoms with Crippen LogP contribution in [0.15, 0.2) is 36.4 Å². The van der Waals surface area contributed by atoms with E-state index in [0.29, 0.717) is 37.0 Å². The highest BCUT2D eigenvalue weighted by atomic mass is 16.5. The summed E-state index contributed by atoms with van der Waals surface area (Å²) in [7, 11) is 1.64. The third-order valence-electron chi connectivity index (χ3n) is 3.22. The molecule has 1 amide bonds. The Morgan fingerprint density at radius 2 is 1.96 bits per heavy atom. The minimum absolute atomic E-state index is 0.193. The molecule has 1 aromatic heterocycles. The van der Waals surface area contributed by atoms with E-state index in [4.69, 9.17) is 4.74 Å². The number of nitrogens with one attached hydrogen (secondary N) is 2. The normalized spacial score (nSPS) is 10.3. The van der Waals surface area contributed by atoms with Crippen LogP contribution in [0.5, 0.6) is 0 Å². The van der Waals surface area contributed by atoms with Gasteiger partial charge in [-0.05, 0) is 18.9 Å². The van der Waals surface area contributed by atoms with Gasteiger partial charge in [0.1, 0.15) is 17.3 Å². The number of ether oxygens (including phenoxy) is 1. The van der Waals surface area contributed by atoms with E-state index < -0.39 is 0 Å². The fourth-order valence-electron chi connectivity index (χ4n) is 2.11. The Balaban J connectivity index is 1.90. The van der Waals surface area contributed by atoms with Crippen molar-refractivity contribution in [3.63, 3.8) is 0 Å². The Labute approximate surface area is 136 Å². The van der Waals surface area contributed by atoms with Crippen LogP contribution in [0, 0.1) is 6.92 Å². The first-order chi connectivity index (χ1) is 11.2. The first kappa shape index (κ1) is 16.9. The molecule has 2 aromatic rings. The number of aromatic nitrogens is 2. The van der Waals surface area contributed by atoms with Crippen LogP contribution in [-0.4, -0.2) is 42.7 Å². The van der Waals surface area contributed by atoms with Crippen LogP contribution < -0.4 is 10.6 Å². The lowest BCUT2D eigenvalue weighted by Crippen LogP contribution is -2.27. The maximum Gasteiger partial charge on any atom is 0.270 e. The summed E-state index contributed by atoms with van der Waals surface area (Å²) in [6.45, 7) is 3.53. The molecule has 6 heteroatoms. The van der Waals surface area contributed by atoms with Gasteiger partial charge >= 0.3 is 0 Å². The second-order valence-corrected chi connectivity index (χ2v) is 5.10. The number of amides is 1. The standard InChI is InChI=1S/C17H22N4O2/c1-13-20-15(12-16(21-13)18-10-11-23-2)17(22)19-9-8-14-6-4-3-5-7-14/h3-7,12H,8-11H2,1-2H3,(H,19,22)(H,18,20,21). The van der Waals surface area contributed by atoms with E-state index in [2.05, 4.69) is 20.6 Å². The van der Waals surface area contributed by atoms with Gasteiger partial charge in [-0.1, -0.05) is 30.3 Å². The Bertz CT molecular complexity index is 632. The predicted molar refractivity (Wildman–Crippen MR) is 89.6 cm³/mol. The van der Waals surface area contributed by atoms with Crippen molar-refractivity contribution in [2.24, 2.45) is 0 Å². The zero-order chi connectivity index (χ0) is 16.5. The number of benzene rings is 1. The van der Waals surface area contributed by atoms with Crippen LogP contribution in [0.3, 0.4) is 0 Å². The maximum absolute atomic E-state index is 12.2. The highest BCUT2D eigenvalue weighted by molar-refractivity contribution is 5.92. The Morgan fingerprint density at radius 1 is 1.17 bits per heavy atom. The molecule has 0 fully saturated rings. The van der Waals surface area contributed by atoms with Gasteiger partial charge in [-0.3, -0.25) is 4.79 Å². The van der Waals surface area contributed by atoms with E-state index in [0.717, 1.165) is 6.42 Å². The number of methoxy groups -OCH3 is 1. The first-order valence-electron chi connectivity index (χ1n) is 7.59. The summed E-state index contributed by atoms with van der Waals surface area (Å²) >= 11 is 0. The second-order valence-electron chi connectivity index (χ2n) is 5.10. The highest BCUT2D eigenvalue weighted by Crippen LogP contribution is 2.06. The Hall–Kier alpha value is -2.47. The molecule has 0 aliphatic heterocycles. The number of rotatable bonds is 8. The quantitative estimate of drug-likeness (QED) is 0.727. The van der Waals surface area contributed by atoms with Gasteiger partial charge in [-0.2, -0.15) is 0 Å². The van der Waals surface area contributed by atoms with E-state index in [1.54, 1.807) is 20.1 Å². The van der Waals surface area contributed by atoms with Gasteiger partial charge in [0, 0.05) is 26.3 Å².